The smallest absolute Gasteiger partial charge is 0.326 e. The zero-order valence-electron chi connectivity index (χ0n) is 17.4. The number of hydrogen-bond acceptors (Lipinski definition) is 5. The zero-order chi connectivity index (χ0) is 22.0. The maximum atomic E-state index is 13.6. The molecule has 1 unspecified atom stereocenters. The third-order valence-corrected chi connectivity index (χ3v) is 5.71. The highest BCUT2D eigenvalue weighted by atomic mass is 16.5. The van der Waals surface area contributed by atoms with Crippen molar-refractivity contribution >= 4 is 29.4 Å². The predicted octanol–water partition coefficient (Wildman–Crippen LogP) is 2.97. The Morgan fingerprint density at radius 1 is 1.00 bits per heavy atom. The van der Waals surface area contributed by atoms with Gasteiger partial charge in [-0.1, -0.05) is 43.7 Å². The Kier molecular flexibility index (Phi) is 5.84. The highest BCUT2D eigenvalue weighted by molar-refractivity contribution is 6.23. The lowest BCUT2D eigenvalue weighted by molar-refractivity contribution is -0.143. The third-order valence-electron chi connectivity index (χ3n) is 5.71. The van der Waals surface area contributed by atoms with Crippen molar-refractivity contribution in [3.63, 3.8) is 0 Å². The maximum absolute atomic E-state index is 13.6. The van der Waals surface area contributed by atoms with Gasteiger partial charge >= 0.3 is 5.97 Å². The number of carbonyl (C=O) groups excluding carboxylic acids is 4. The zero-order valence-corrected chi connectivity index (χ0v) is 17.4. The summed E-state index contributed by atoms with van der Waals surface area (Å²) in [5, 5.41) is 0. The lowest BCUT2D eigenvalue weighted by atomic mass is 10.1. The molecule has 7 nitrogen and oxygen atoms in total. The van der Waals surface area contributed by atoms with E-state index in [1.54, 1.807) is 36.4 Å². The van der Waals surface area contributed by atoms with E-state index < -0.39 is 29.7 Å². The highest BCUT2D eigenvalue weighted by Gasteiger charge is 2.45. The Bertz CT molecular complexity index is 1010. The minimum absolute atomic E-state index is 0.265. The minimum atomic E-state index is -0.983. The van der Waals surface area contributed by atoms with Gasteiger partial charge in [-0.3, -0.25) is 29.0 Å². The standard InChI is InChI=1S/C24H24N2O5/c1-2-3-14-31-21(27)15-25-19-11-7-4-8-16(19)12-13-20(24(25)30)26-22(28)17-9-5-6-10-18(17)23(26)29/h4-11,20H,2-3,12-15H2,1H3. The van der Waals surface area contributed by atoms with Crippen LogP contribution in [0.5, 0.6) is 0 Å². The molecule has 2 aliphatic heterocycles. The second-order valence-electron chi connectivity index (χ2n) is 7.71. The average Bonchev–Trinajstić information content (AvgIpc) is 2.95. The van der Waals surface area contributed by atoms with Gasteiger partial charge in [0.05, 0.1) is 17.7 Å². The largest absolute Gasteiger partial charge is 0.464 e. The van der Waals surface area contributed by atoms with Crippen LogP contribution in [0.4, 0.5) is 5.69 Å². The van der Waals surface area contributed by atoms with Crippen molar-refractivity contribution in [2.24, 2.45) is 0 Å². The van der Waals surface area contributed by atoms with E-state index in [1.165, 1.54) is 4.90 Å². The van der Waals surface area contributed by atoms with Crippen LogP contribution in [0.3, 0.4) is 0 Å². The molecule has 0 spiro atoms. The number of rotatable bonds is 6. The van der Waals surface area contributed by atoms with Crippen molar-refractivity contribution < 1.29 is 23.9 Å². The molecule has 2 aromatic carbocycles. The van der Waals surface area contributed by atoms with Gasteiger partial charge in [-0.2, -0.15) is 0 Å². The van der Waals surface area contributed by atoms with E-state index in [-0.39, 0.29) is 6.54 Å². The predicted molar refractivity (Wildman–Crippen MR) is 114 cm³/mol. The third kappa shape index (κ3) is 3.83. The van der Waals surface area contributed by atoms with Crippen LogP contribution < -0.4 is 4.90 Å². The van der Waals surface area contributed by atoms with E-state index in [1.807, 2.05) is 19.1 Å². The molecule has 0 fully saturated rings. The van der Waals surface area contributed by atoms with Gasteiger partial charge in [0.25, 0.3) is 17.7 Å². The fourth-order valence-corrected chi connectivity index (χ4v) is 4.10. The normalized spacial score (nSPS) is 18.0. The van der Waals surface area contributed by atoms with Gasteiger partial charge in [-0.25, -0.2) is 0 Å². The van der Waals surface area contributed by atoms with Crippen LogP contribution in [0.15, 0.2) is 48.5 Å². The number of nitrogens with zero attached hydrogens (tertiary/aromatic N) is 2. The van der Waals surface area contributed by atoms with Crippen LogP contribution in [0.1, 0.15) is 52.5 Å². The summed E-state index contributed by atoms with van der Waals surface area (Å²) in [4.78, 5) is 54.4. The molecule has 0 saturated carbocycles. The van der Waals surface area contributed by atoms with E-state index in [4.69, 9.17) is 4.74 Å². The molecule has 2 aromatic rings. The van der Waals surface area contributed by atoms with Crippen LogP contribution in [0.2, 0.25) is 0 Å². The number of hydrogen-bond donors (Lipinski definition) is 0. The summed E-state index contributed by atoms with van der Waals surface area (Å²) in [6.07, 6.45) is 2.43. The molecule has 4 rings (SSSR count). The molecule has 7 heteroatoms. The summed E-state index contributed by atoms with van der Waals surface area (Å²) in [6.45, 7) is 2.02. The highest BCUT2D eigenvalue weighted by Crippen LogP contribution is 2.32. The van der Waals surface area contributed by atoms with Crippen molar-refractivity contribution in [1.29, 1.82) is 0 Å². The quantitative estimate of drug-likeness (QED) is 0.408. The number of amides is 3. The topological polar surface area (TPSA) is 84.0 Å². The molecule has 0 bridgehead atoms. The number of esters is 1. The van der Waals surface area contributed by atoms with Gasteiger partial charge in [0.15, 0.2) is 0 Å². The molecule has 31 heavy (non-hydrogen) atoms. The number of benzene rings is 2. The Morgan fingerprint density at radius 3 is 2.32 bits per heavy atom. The first-order valence-electron chi connectivity index (χ1n) is 10.5. The Balaban J connectivity index is 1.64. The van der Waals surface area contributed by atoms with E-state index in [0.29, 0.717) is 36.3 Å². The molecular weight excluding hydrogens is 396 g/mol. The lowest BCUT2D eigenvalue weighted by Gasteiger charge is -2.29. The minimum Gasteiger partial charge on any atom is -0.464 e. The molecule has 1 atom stereocenters. The Hall–Kier alpha value is -3.48. The fraction of sp³-hybridized carbons (Fsp3) is 0.333. The summed E-state index contributed by atoms with van der Waals surface area (Å²) in [5.41, 5.74) is 2.09. The Labute approximate surface area is 180 Å². The molecule has 2 aliphatic rings. The van der Waals surface area contributed by atoms with E-state index >= 15 is 0 Å². The van der Waals surface area contributed by atoms with Crippen LogP contribution in [0, 0.1) is 0 Å². The number of fused-ring (bicyclic) bond motifs is 2. The van der Waals surface area contributed by atoms with Crippen molar-refractivity contribution in [2.75, 3.05) is 18.1 Å². The van der Waals surface area contributed by atoms with E-state index in [2.05, 4.69) is 0 Å². The molecule has 0 aromatic heterocycles. The molecule has 0 saturated heterocycles. The second kappa shape index (κ2) is 8.71. The number of anilines is 1. The average molecular weight is 420 g/mol. The van der Waals surface area contributed by atoms with Crippen molar-refractivity contribution in [1.82, 2.24) is 4.90 Å². The lowest BCUT2D eigenvalue weighted by Crippen LogP contribution is -2.51. The number of aryl methyl sites for hydroxylation is 1. The van der Waals surface area contributed by atoms with E-state index in [0.717, 1.165) is 23.3 Å². The number of para-hydroxylation sites is 1. The van der Waals surface area contributed by atoms with Crippen LogP contribution in [-0.4, -0.2) is 47.8 Å². The van der Waals surface area contributed by atoms with Crippen molar-refractivity contribution in [2.45, 2.75) is 38.6 Å². The first kappa shape index (κ1) is 20.8. The number of carbonyl (C=O) groups is 4. The maximum Gasteiger partial charge on any atom is 0.326 e. The molecule has 0 radical (unpaired) electrons. The number of imide groups is 1. The fourth-order valence-electron chi connectivity index (χ4n) is 4.10. The van der Waals surface area contributed by atoms with Crippen molar-refractivity contribution in [3.8, 4) is 0 Å². The summed E-state index contributed by atoms with van der Waals surface area (Å²) in [7, 11) is 0. The number of unbranched alkanes of at least 4 members (excludes halogenated alkanes) is 1. The summed E-state index contributed by atoms with van der Waals surface area (Å²) in [5.74, 6) is -1.92. The second-order valence-corrected chi connectivity index (χ2v) is 7.71. The van der Waals surface area contributed by atoms with Crippen LogP contribution in [-0.2, 0) is 20.7 Å². The summed E-state index contributed by atoms with van der Waals surface area (Å²) in [6, 6.07) is 12.9. The monoisotopic (exact) mass is 420 g/mol. The summed E-state index contributed by atoms with van der Waals surface area (Å²) < 4.78 is 5.26. The van der Waals surface area contributed by atoms with Gasteiger partial charge in [0, 0.05) is 5.69 Å². The van der Waals surface area contributed by atoms with E-state index in [9.17, 15) is 19.2 Å². The molecule has 0 N–H and O–H groups in total. The number of ether oxygens (including phenoxy) is 1. The molecule has 3 amide bonds. The van der Waals surface area contributed by atoms with Gasteiger partial charge in [0.1, 0.15) is 12.6 Å². The molecule has 2 heterocycles. The summed E-state index contributed by atoms with van der Waals surface area (Å²) >= 11 is 0. The van der Waals surface area contributed by atoms with Crippen molar-refractivity contribution in [3.05, 3.63) is 65.2 Å². The van der Waals surface area contributed by atoms with Crippen LogP contribution in [0.25, 0.3) is 0 Å². The molecule has 0 aliphatic carbocycles. The Morgan fingerprint density at radius 2 is 1.65 bits per heavy atom. The van der Waals surface area contributed by atoms with Crippen LogP contribution >= 0.6 is 0 Å². The molecular formula is C24H24N2O5. The van der Waals surface area contributed by atoms with Gasteiger partial charge < -0.3 is 4.74 Å². The first-order chi connectivity index (χ1) is 15.0. The van der Waals surface area contributed by atoms with Gasteiger partial charge in [-0.15, -0.1) is 0 Å². The molecule has 160 valence electrons. The van der Waals surface area contributed by atoms with Gasteiger partial charge in [0.2, 0.25) is 0 Å². The SMILES string of the molecule is CCCCOC(=O)CN1C(=O)C(N2C(=O)c3ccccc3C2=O)CCc2ccccc21. The first-order valence-corrected chi connectivity index (χ1v) is 10.5. The van der Waals surface area contributed by atoms with Gasteiger partial charge in [-0.05, 0) is 43.0 Å².